The quantitative estimate of drug-likeness (QED) is 0.639. The standard InChI is InChI=1S/C11H21N/c1-10(12)6-2-3-7-11-8-4-5-9-11/h6,11H,2-5,7-9,12H2,1H3/b10-6+. The summed E-state index contributed by atoms with van der Waals surface area (Å²) in [5.74, 6) is 1.04. The van der Waals surface area contributed by atoms with Crippen molar-refractivity contribution in [2.75, 3.05) is 0 Å². The zero-order valence-electron chi connectivity index (χ0n) is 8.18. The maximum absolute atomic E-state index is 5.55. The summed E-state index contributed by atoms with van der Waals surface area (Å²) in [5, 5.41) is 0. The van der Waals surface area contributed by atoms with Crippen molar-refractivity contribution >= 4 is 0 Å². The summed E-state index contributed by atoms with van der Waals surface area (Å²) in [4.78, 5) is 0. The molecule has 1 aliphatic carbocycles. The van der Waals surface area contributed by atoms with Gasteiger partial charge in [0.25, 0.3) is 0 Å². The van der Waals surface area contributed by atoms with E-state index >= 15 is 0 Å². The molecular formula is C11H21N. The summed E-state index contributed by atoms with van der Waals surface area (Å²) in [6.45, 7) is 1.97. The Bertz CT molecular complexity index is 139. The third-order valence-electron chi connectivity index (χ3n) is 2.76. The minimum atomic E-state index is 0.974. The van der Waals surface area contributed by atoms with Gasteiger partial charge in [0, 0.05) is 5.70 Å². The Hall–Kier alpha value is -0.460. The number of hydrogen-bond donors (Lipinski definition) is 1. The molecule has 0 radical (unpaired) electrons. The van der Waals surface area contributed by atoms with Gasteiger partial charge >= 0.3 is 0 Å². The lowest BCUT2D eigenvalue weighted by Gasteiger charge is -2.06. The lowest BCUT2D eigenvalue weighted by Crippen LogP contribution is -1.93. The molecule has 1 saturated carbocycles. The first-order valence-electron chi connectivity index (χ1n) is 5.21. The van der Waals surface area contributed by atoms with E-state index in [0.29, 0.717) is 0 Å². The maximum atomic E-state index is 5.55. The van der Waals surface area contributed by atoms with Gasteiger partial charge in [0.1, 0.15) is 0 Å². The molecule has 0 amide bonds. The van der Waals surface area contributed by atoms with Crippen molar-refractivity contribution in [2.24, 2.45) is 11.7 Å². The molecule has 0 bridgehead atoms. The summed E-state index contributed by atoms with van der Waals surface area (Å²) in [6, 6.07) is 0. The lowest BCUT2D eigenvalue weighted by molar-refractivity contribution is 0.486. The van der Waals surface area contributed by atoms with E-state index in [9.17, 15) is 0 Å². The Labute approximate surface area is 76.0 Å². The number of allylic oxidation sites excluding steroid dienone is 2. The second-order valence-corrected chi connectivity index (χ2v) is 4.03. The van der Waals surface area contributed by atoms with Crippen LogP contribution in [0.2, 0.25) is 0 Å². The van der Waals surface area contributed by atoms with Crippen LogP contribution in [-0.4, -0.2) is 0 Å². The fraction of sp³-hybridized carbons (Fsp3) is 0.818. The zero-order valence-corrected chi connectivity index (χ0v) is 8.18. The normalized spacial score (nSPS) is 20.2. The van der Waals surface area contributed by atoms with E-state index in [2.05, 4.69) is 6.08 Å². The summed E-state index contributed by atoms with van der Waals surface area (Å²) >= 11 is 0. The molecule has 1 rings (SSSR count). The van der Waals surface area contributed by atoms with E-state index < -0.39 is 0 Å². The Kier molecular flexibility index (Phi) is 4.20. The van der Waals surface area contributed by atoms with Crippen LogP contribution < -0.4 is 5.73 Å². The van der Waals surface area contributed by atoms with Crippen LogP contribution in [0.1, 0.15) is 51.9 Å². The molecule has 0 saturated heterocycles. The van der Waals surface area contributed by atoms with Gasteiger partial charge in [-0.2, -0.15) is 0 Å². The minimum absolute atomic E-state index is 0.974. The number of rotatable bonds is 4. The van der Waals surface area contributed by atoms with Crippen molar-refractivity contribution in [3.63, 3.8) is 0 Å². The molecule has 12 heavy (non-hydrogen) atoms. The van der Waals surface area contributed by atoms with Crippen LogP contribution in [0.25, 0.3) is 0 Å². The molecule has 0 spiro atoms. The highest BCUT2D eigenvalue weighted by atomic mass is 14.5. The molecule has 0 aromatic carbocycles. The highest BCUT2D eigenvalue weighted by Crippen LogP contribution is 2.28. The van der Waals surface area contributed by atoms with Gasteiger partial charge < -0.3 is 5.73 Å². The van der Waals surface area contributed by atoms with E-state index in [1.54, 1.807) is 0 Å². The van der Waals surface area contributed by atoms with Crippen molar-refractivity contribution in [3.8, 4) is 0 Å². The van der Waals surface area contributed by atoms with Crippen molar-refractivity contribution in [1.82, 2.24) is 0 Å². The molecule has 70 valence electrons. The van der Waals surface area contributed by atoms with Gasteiger partial charge in [0.2, 0.25) is 0 Å². The SMILES string of the molecule is C/C(N)=C\CCCC1CCCC1. The molecular weight excluding hydrogens is 146 g/mol. The second kappa shape index (κ2) is 5.23. The minimum Gasteiger partial charge on any atom is -0.403 e. The van der Waals surface area contributed by atoms with Gasteiger partial charge in [0.05, 0.1) is 0 Å². The summed E-state index contributed by atoms with van der Waals surface area (Å²) in [7, 11) is 0. The van der Waals surface area contributed by atoms with E-state index in [-0.39, 0.29) is 0 Å². The molecule has 0 aromatic rings. The average Bonchev–Trinajstić information content (AvgIpc) is 2.49. The molecule has 1 heteroatoms. The lowest BCUT2D eigenvalue weighted by atomic mass is 10.0. The summed E-state index contributed by atoms with van der Waals surface area (Å²) in [6.07, 6.45) is 12.0. The Morgan fingerprint density at radius 2 is 2.08 bits per heavy atom. The largest absolute Gasteiger partial charge is 0.403 e. The molecule has 0 aliphatic heterocycles. The predicted molar refractivity (Wildman–Crippen MR) is 53.8 cm³/mol. The highest BCUT2D eigenvalue weighted by Gasteiger charge is 2.13. The monoisotopic (exact) mass is 167 g/mol. The van der Waals surface area contributed by atoms with E-state index in [0.717, 1.165) is 11.6 Å². The average molecular weight is 167 g/mol. The van der Waals surface area contributed by atoms with Crippen LogP contribution in [0.5, 0.6) is 0 Å². The van der Waals surface area contributed by atoms with Crippen molar-refractivity contribution in [1.29, 1.82) is 0 Å². The third-order valence-corrected chi connectivity index (χ3v) is 2.76. The molecule has 1 fully saturated rings. The Morgan fingerprint density at radius 3 is 2.67 bits per heavy atom. The molecule has 0 heterocycles. The van der Waals surface area contributed by atoms with Gasteiger partial charge in [-0.05, 0) is 25.7 Å². The smallest absolute Gasteiger partial charge is 0.000832 e. The van der Waals surface area contributed by atoms with Crippen LogP contribution >= 0.6 is 0 Å². The molecule has 1 nitrogen and oxygen atoms in total. The van der Waals surface area contributed by atoms with Crippen LogP contribution in [-0.2, 0) is 0 Å². The van der Waals surface area contributed by atoms with E-state index in [1.165, 1.54) is 44.9 Å². The third kappa shape index (κ3) is 3.80. The fourth-order valence-electron chi connectivity index (χ4n) is 2.04. The van der Waals surface area contributed by atoms with Crippen molar-refractivity contribution < 1.29 is 0 Å². The van der Waals surface area contributed by atoms with Gasteiger partial charge in [-0.15, -0.1) is 0 Å². The van der Waals surface area contributed by atoms with Crippen molar-refractivity contribution in [3.05, 3.63) is 11.8 Å². The topological polar surface area (TPSA) is 26.0 Å². The van der Waals surface area contributed by atoms with Crippen molar-refractivity contribution in [2.45, 2.75) is 51.9 Å². The Morgan fingerprint density at radius 1 is 1.42 bits per heavy atom. The van der Waals surface area contributed by atoms with E-state index in [4.69, 9.17) is 5.73 Å². The fourth-order valence-corrected chi connectivity index (χ4v) is 2.04. The van der Waals surface area contributed by atoms with Gasteiger partial charge in [0.15, 0.2) is 0 Å². The Balaban J connectivity index is 1.98. The number of hydrogen-bond acceptors (Lipinski definition) is 1. The number of nitrogens with two attached hydrogens (primary N) is 1. The van der Waals surface area contributed by atoms with E-state index in [1.807, 2.05) is 6.92 Å². The molecule has 0 aromatic heterocycles. The molecule has 1 aliphatic rings. The molecule has 0 unspecified atom stereocenters. The summed E-state index contributed by atoms with van der Waals surface area (Å²) < 4.78 is 0. The first-order chi connectivity index (χ1) is 5.79. The van der Waals surface area contributed by atoms with Gasteiger partial charge in [-0.1, -0.05) is 38.2 Å². The molecule has 0 atom stereocenters. The predicted octanol–water partition coefficient (Wildman–Crippen LogP) is 3.21. The van der Waals surface area contributed by atoms with Gasteiger partial charge in [-0.3, -0.25) is 0 Å². The van der Waals surface area contributed by atoms with Gasteiger partial charge in [-0.25, -0.2) is 0 Å². The maximum Gasteiger partial charge on any atom is 0.000832 e. The second-order valence-electron chi connectivity index (χ2n) is 4.03. The van der Waals surface area contributed by atoms with Crippen LogP contribution in [0.3, 0.4) is 0 Å². The van der Waals surface area contributed by atoms with Crippen LogP contribution in [0, 0.1) is 5.92 Å². The first-order valence-corrected chi connectivity index (χ1v) is 5.21. The van der Waals surface area contributed by atoms with Crippen LogP contribution in [0.15, 0.2) is 11.8 Å². The molecule has 2 N–H and O–H groups in total. The zero-order chi connectivity index (χ0) is 8.81. The highest BCUT2D eigenvalue weighted by molar-refractivity contribution is 4.90. The van der Waals surface area contributed by atoms with Crippen LogP contribution in [0.4, 0.5) is 0 Å². The summed E-state index contributed by atoms with van der Waals surface area (Å²) in [5.41, 5.74) is 6.52. The first kappa shape index (κ1) is 9.63. The number of unbranched alkanes of at least 4 members (excludes halogenated alkanes) is 1.